The van der Waals surface area contributed by atoms with Gasteiger partial charge >= 0.3 is 6.55 Å². The molecule has 0 amide bonds. The summed E-state index contributed by atoms with van der Waals surface area (Å²) in [6.07, 6.45) is 4.50. The van der Waals surface area contributed by atoms with Crippen molar-refractivity contribution in [2.45, 2.75) is 25.9 Å². The number of aliphatic hydroxyl groups excluding tert-OH is 1. The fourth-order valence-electron chi connectivity index (χ4n) is 1.83. The largest absolute Gasteiger partial charge is 0.396 e. The van der Waals surface area contributed by atoms with Crippen molar-refractivity contribution >= 4 is 17.3 Å². The molecule has 0 saturated carbocycles. The average molecular weight is 341 g/mol. The summed E-state index contributed by atoms with van der Waals surface area (Å²) in [5.74, 6) is 5.62. The van der Waals surface area contributed by atoms with E-state index < -0.39 is 6.55 Å². The minimum absolute atomic E-state index is 0.0144. The third-order valence-corrected chi connectivity index (χ3v) is 3.18. The summed E-state index contributed by atoms with van der Waals surface area (Å²) < 4.78 is 25.5. The summed E-state index contributed by atoms with van der Waals surface area (Å²) in [5.41, 5.74) is 1.61. The predicted molar refractivity (Wildman–Crippen MR) is 83.5 cm³/mol. The van der Waals surface area contributed by atoms with Crippen molar-refractivity contribution < 1.29 is 13.9 Å². The molecule has 0 radical (unpaired) electrons. The van der Waals surface area contributed by atoms with Gasteiger partial charge in [0.1, 0.15) is 5.15 Å². The topological polar surface area (TPSA) is 63.0 Å². The first-order valence-electron chi connectivity index (χ1n) is 6.87. The van der Waals surface area contributed by atoms with Crippen molar-refractivity contribution in [2.24, 2.45) is 0 Å². The lowest BCUT2D eigenvalue weighted by molar-refractivity contribution is 0.0566. The van der Waals surface area contributed by atoms with E-state index in [9.17, 15) is 8.78 Å². The summed E-state index contributed by atoms with van der Waals surface area (Å²) in [6.45, 7) is -0.728. The number of hydrogen-bond donors (Lipinski definition) is 2. The van der Waals surface area contributed by atoms with Crippen LogP contribution in [0.15, 0.2) is 24.7 Å². The molecule has 2 heterocycles. The van der Waals surface area contributed by atoms with Crippen molar-refractivity contribution in [2.75, 3.05) is 11.9 Å². The fourth-order valence-corrected chi connectivity index (χ4v) is 1.99. The SMILES string of the molecule is C[C@H](CCO)Nc1cc(Cl)ncc1C#Cc1cnn(C(F)F)c1. The van der Waals surface area contributed by atoms with E-state index in [2.05, 4.69) is 27.2 Å². The second-order valence-corrected chi connectivity index (χ2v) is 5.23. The first-order valence-corrected chi connectivity index (χ1v) is 7.24. The quantitative estimate of drug-likeness (QED) is 0.649. The van der Waals surface area contributed by atoms with E-state index in [0.29, 0.717) is 33.1 Å². The number of aliphatic hydroxyl groups is 1. The Balaban J connectivity index is 2.23. The van der Waals surface area contributed by atoms with Crippen LogP contribution in [0.25, 0.3) is 0 Å². The monoisotopic (exact) mass is 340 g/mol. The van der Waals surface area contributed by atoms with Gasteiger partial charge in [-0.25, -0.2) is 9.67 Å². The maximum absolute atomic E-state index is 12.5. The molecule has 2 rings (SSSR count). The molecule has 2 aromatic rings. The Bertz CT molecular complexity index is 724. The molecular formula is C15H15ClF2N4O. The number of rotatable bonds is 5. The lowest BCUT2D eigenvalue weighted by atomic mass is 10.2. The van der Waals surface area contributed by atoms with E-state index >= 15 is 0 Å². The van der Waals surface area contributed by atoms with Crippen LogP contribution in [0.3, 0.4) is 0 Å². The van der Waals surface area contributed by atoms with Gasteiger partial charge in [0.25, 0.3) is 0 Å². The van der Waals surface area contributed by atoms with E-state index in [4.69, 9.17) is 16.7 Å². The predicted octanol–water partition coefficient (Wildman–Crippen LogP) is 2.91. The zero-order chi connectivity index (χ0) is 16.8. The summed E-state index contributed by atoms with van der Waals surface area (Å²) >= 11 is 5.89. The average Bonchev–Trinajstić information content (AvgIpc) is 2.96. The highest BCUT2D eigenvalue weighted by molar-refractivity contribution is 6.29. The van der Waals surface area contributed by atoms with Crippen LogP contribution in [0.1, 0.15) is 31.0 Å². The summed E-state index contributed by atoms with van der Waals surface area (Å²) in [5, 5.41) is 16.0. The third-order valence-electron chi connectivity index (χ3n) is 2.98. The maximum atomic E-state index is 12.5. The molecule has 0 fully saturated rings. The van der Waals surface area contributed by atoms with Crippen LogP contribution in [0.2, 0.25) is 5.15 Å². The van der Waals surface area contributed by atoms with Gasteiger partial charge < -0.3 is 10.4 Å². The van der Waals surface area contributed by atoms with Gasteiger partial charge in [0.15, 0.2) is 0 Å². The van der Waals surface area contributed by atoms with Gasteiger partial charge in [0.2, 0.25) is 0 Å². The zero-order valence-corrected chi connectivity index (χ0v) is 13.1. The zero-order valence-electron chi connectivity index (χ0n) is 12.3. The van der Waals surface area contributed by atoms with Gasteiger partial charge in [-0.1, -0.05) is 23.4 Å². The van der Waals surface area contributed by atoms with Gasteiger partial charge in [0.05, 0.1) is 23.0 Å². The van der Waals surface area contributed by atoms with Gasteiger partial charge in [-0.2, -0.15) is 13.9 Å². The lowest BCUT2D eigenvalue weighted by Crippen LogP contribution is -2.17. The first kappa shape index (κ1) is 17.2. The minimum Gasteiger partial charge on any atom is -0.396 e. The Hall–Kier alpha value is -2.17. The molecule has 0 aromatic carbocycles. The first-order chi connectivity index (χ1) is 11.0. The van der Waals surface area contributed by atoms with Crippen LogP contribution in [0.5, 0.6) is 0 Å². The van der Waals surface area contributed by atoms with Gasteiger partial charge in [-0.15, -0.1) is 0 Å². The number of nitrogens with zero attached hydrogens (tertiary/aromatic N) is 3. The number of nitrogens with one attached hydrogen (secondary N) is 1. The summed E-state index contributed by atoms with van der Waals surface area (Å²) in [7, 11) is 0. The number of halogens is 3. The highest BCUT2D eigenvalue weighted by atomic mass is 35.5. The molecule has 0 unspecified atom stereocenters. The molecular weight excluding hydrogens is 326 g/mol. The highest BCUT2D eigenvalue weighted by Gasteiger charge is 2.08. The Morgan fingerprint density at radius 3 is 2.83 bits per heavy atom. The minimum atomic E-state index is -2.70. The van der Waals surface area contributed by atoms with Crippen molar-refractivity contribution in [3.8, 4) is 11.8 Å². The normalized spacial score (nSPS) is 11.9. The van der Waals surface area contributed by atoms with Crippen LogP contribution in [0, 0.1) is 11.8 Å². The molecule has 0 aliphatic rings. The Morgan fingerprint density at radius 1 is 1.39 bits per heavy atom. The van der Waals surface area contributed by atoms with E-state index in [0.717, 1.165) is 0 Å². The smallest absolute Gasteiger partial charge is 0.333 e. The van der Waals surface area contributed by atoms with Crippen molar-refractivity contribution in [1.82, 2.24) is 14.8 Å². The molecule has 23 heavy (non-hydrogen) atoms. The second-order valence-electron chi connectivity index (χ2n) is 4.85. The van der Waals surface area contributed by atoms with Gasteiger partial charge in [0, 0.05) is 25.0 Å². The van der Waals surface area contributed by atoms with E-state index in [-0.39, 0.29) is 12.6 Å². The number of pyridine rings is 1. The van der Waals surface area contributed by atoms with Gasteiger partial charge in [-0.3, -0.25) is 0 Å². The molecule has 8 heteroatoms. The summed E-state index contributed by atoms with van der Waals surface area (Å²) in [4.78, 5) is 3.97. The third kappa shape index (κ3) is 4.91. The van der Waals surface area contributed by atoms with E-state index in [1.54, 1.807) is 6.07 Å². The lowest BCUT2D eigenvalue weighted by Gasteiger charge is -2.15. The Morgan fingerprint density at radius 2 is 2.17 bits per heavy atom. The van der Waals surface area contributed by atoms with Crippen molar-refractivity contribution in [3.05, 3.63) is 40.9 Å². The number of hydrogen-bond acceptors (Lipinski definition) is 4. The molecule has 0 bridgehead atoms. The highest BCUT2D eigenvalue weighted by Crippen LogP contribution is 2.19. The molecule has 2 aromatic heterocycles. The van der Waals surface area contributed by atoms with Crippen LogP contribution < -0.4 is 5.32 Å². The molecule has 0 saturated heterocycles. The van der Waals surface area contributed by atoms with E-state index in [1.807, 2.05) is 6.92 Å². The molecule has 0 spiro atoms. The standard InChI is InChI=1S/C15H15ClF2N4O/c1-10(4-5-23)21-13-6-14(16)19-8-12(13)3-2-11-7-20-22(9-11)15(17)18/h6-10,15,23H,4-5H2,1H3,(H,19,21)/t10-/m1/s1. The molecule has 0 aliphatic carbocycles. The second kappa shape index (κ2) is 7.90. The maximum Gasteiger partial charge on any atom is 0.333 e. The van der Waals surface area contributed by atoms with Crippen molar-refractivity contribution in [3.63, 3.8) is 0 Å². The Labute approximate surface area is 137 Å². The van der Waals surface area contributed by atoms with Crippen molar-refractivity contribution in [1.29, 1.82) is 0 Å². The van der Waals surface area contributed by atoms with Crippen LogP contribution >= 0.6 is 11.6 Å². The van der Waals surface area contributed by atoms with Crippen LogP contribution in [-0.2, 0) is 0 Å². The molecule has 2 N–H and O–H groups in total. The summed E-state index contributed by atoms with van der Waals surface area (Å²) in [6, 6.07) is 1.64. The van der Waals surface area contributed by atoms with Crippen LogP contribution in [-0.4, -0.2) is 32.5 Å². The Kier molecular flexibility index (Phi) is 5.90. The molecule has 122 valence electrons. The molecule has 0 aliphatic heterocycles. The molecule has 5 nitrogen and oxygen atoms in total. The van der Waals surface area contributed by atoms with E-state index in [1.165, 1.54) is 18.6 Å². The number of aromatic nitrogens is 3. The fraction of sp³-hybridized carbons (Fsp3) is 0.333. The van der Waals surface area contributed by atoms with Crippen LogP contribution in [0.4, 0.5) is 14.5 Å². The number of anilines is 1. The van der Waals surface area contributed by atoms with Gasteiger partial charge in [-0.05, 0) is 19.4 Å². The number of alkyl halides is 2. The molecule has 1 atom stereocenters.